The van der Waals surface area contributed by atoms with Gasteiger partial charge < -0.3 is 9.73 Å². The quantitative estimate of drug-likeness (QED) is 0.756. The predicted octanol–water partition coefficient (Wildman–Crippen LogP) is 3.88. The van der Waals surface area contributed by atoms with Gasteiger partial charge in [0.1, 0.15) is 5.76 Å². The van der Waals surface area contributed by atoms with Crippen LogP contribution in [0.15, 0.2) is 52.0 Å². The van der Waals surface area contributed by atoms with Crippen LogP contribution in [0.4, 0.5) is 8.78 Å². The number of halogens is 2. The molecule has 4 nitrogen and oxygen atoms in total. The SMILES string of the molecule is O=C(NCc1ccco1)C1CCCN1Cc1ccc(SC(F)F)cc1. The number of thioether (sulfide) groups is 1. The molecule has 0 aliphatic carbocycles. The molecule has 0 saturated carbocycles. The smallest absolute Gasteiger partial charge is 0.288 e. The lowest BCUT2D eigenvalue weighted by Gasteiger charge is -2.23. The van der Waals surface area contributed by atoms with E-state index in [-0.39, 0.29) is 11.9 Å². The van der Waals surface area contributed by atoms with Crippen LogP contribution in [0.1, 0.15) is 24.2 Å². The molecule has 25 heavy (non-hydrogen) atoms. The Morgan fingerprint density at radius 1 is 1.32 bits per heavy atom. The first kappa shape index (κ1) is 17.9. The number of carbonyl (C=O) groups is 1. The second-order valence-electron chi connectivity index (χ2n) is 5.95. The van der Waals surface area contributed by atoms with Crippen molar-refractivity contribution in [3.63, 3.8) is 0 Å². The van der Waals surface area contributed by atoms with E-state index in [1.165, 1.54) is 0 Å². The summed E-state index contributed by atoms with van der Waals surface area (Å²) in [4.78, 5) is 15.1. The zero-order valence-electron chi connectivity index (χ0n) is 13.7. The summed E-state index contributed by atoms with van der Waals surface area (Å²) < 4.78 is 30.0. The Labute approximate surface area is 149 Å². The molecule has 1 unspecified atom stereocenters. The third-order valence-electron chi connectivity index (χ3n) is 4.22. The minimum atomic E-state index is -2.41. The Morgan fingerprint density at radius 2 is 2.12 bits per heavy atom. The molecule has 0 radical (unpaired) electrons. The third-order valence-corrected chi connectivity index (χ3v) is 4.94. The number of nitrogens with one attached hydrogen (secondary N) is 1. The molecule has 1 amide bonds. The van der Waals surface area contributed by atoms with E-state index in [1.54, 1.807) is 24.5 Å². The van der Waals surface area contributed by atoms with Gasteiger partial charge >= 0.3 is 0 Å². The molecule has 1 atom stereocenters. The topological polar surface area (TPSA) is 45.5 Å². The van der Waals surface area contributed by atoms with Gasteiger partial charge in [0.05, 0.1) is 18.8 Å². The second-order valence-corrected chi connectivity index (χ2v) is 7.01. The highest BCUT2D eigenvalue weighted by Crippen LogP contribution is 2.26. The van der Waals surface area contributed by atoms with Crippen LogP contribution in [0.5, 0.6) is 0 Å². The van der Waals surface area contributed by atoms with Crippen molar-refractivity contribution < 1.29 is 18.0 Å². The summed E-state index contributed by atoms with van der Waals surface area (Å²) in [5.74, 6) is -1.68. The van der Waals surface area contributed by atoms with Crippen molar-refractivity contribution in [2.45, 2.75) is 42.6 Å². The lowest BCUT2D eigenvalue weighted by atomic mass is 10.1. The lowest BCUT2D eigenvalue weighted by Crippen LogP contribution is -2.42. The van der Waals surface area contributed by atoms with Crippen LogP contribution < -0.4 is 5.32 Å². The Kier molecular flexibility index (Phi) is 6.09. The molecular weight excluding hydrogens is 346 g/mol. The van der Waals surface area contributed by atoms with Gasteiger partial charge in [-0.15, -0.1) is 0 Å². The van der Waals surface area contributed by atoms with Gasteiger partial charge in [0.2, 0.25) is 5.91 Å². The molecule has 0 spiro atoms. The van der Waals surface area contributed by atoms with Crippen molar-refractivity contribution >= 4 is 17.7 Å². The molecule has 1 aromatic carbocycles. The first-order valence-electron chi connectivity index (χ1n) is 8.20. The largest absolute Gasteiger partial charge is 0.467 e. The molecule has 3 rings (SSSR count). The summed E-state index contributed by atoms with van der Waals surface area (Å²) in [7, 11) is 0. The summed E-state index contributed by atoms with van der Waals surface area (Å²) in [5, 5.41) is 2.91. The minimum absolute atomic E-state index is 0.00113. The van der Waals surface area contributed by atoms with E-state index in [0.717, 1.165) is 30.7 Å². The normalized spacial score (nSPS) is 18.0. The van der Waals surface area contributed by atoms with E-state index in [2.05, 4.69) is 10.2 Å². The van der Waals surface area contributed by atoms with Crippen LogP contribution in [-0.4, -0.2) is 29.2 Å². The van der Waals surface area contributed by atoms with Gasteiger partial charge in [-0.25, -0.2) is 0 Å². The van der Waals surface area contributed by atoms with E-state index in [1.807, 2.05) is 18.2 Å². The molecule has 7 heteroatoms. The average molecular weight is 366 g/mol. The van der Waals surface area contributed by atoms with Crippen LogP contribution in [0.3, 0.4) is 0 Å². The molecule has 1 aromatic heterocycles. The average Bonchev–Trinajstić information content (AvgIpc) is 3.25. The number of nitrogens with zero attached hydrogens (tertiary/aromatic N) is 1. The standard InChI is InChI=1S/C18H20F2N2O2S/c19-18(20)25-15-7-5-13(6-8-15)12-22-9-1-4-16(22)17(23)21-11-14-3-2-10-24-14/h2-3,5-8,10,16,18H,1,4,9,11-12H2,(H,21,23). The van der Waals surface area contributed by atoms with Gasteiger partial charge in [-0.1, -0.05) is 23.9 Å². The van der Waals surface area contributed by atoms with Gasteiger partial charge in [-0.2, -0.15) is 8.78 Å². The molecule has 1 saturated heterocycles. The summed E-state index contributed by atoms with van der Waals surface area (Å²) >= 11 is 0.541. The van der Waals surface area contributed by atoms with Crippen molar-refractivity contribution in [2.24, 2.45) is 0 Å². The molecular formula is C18H20F2N2O2S. The van der Waals surface area contributed by atoms with Crippen molar-refractivity contribution in [1.82, 2.24) is 10.2 Å². The fourth-order valence-electron chi connectivity index (χ4n) is 3.03. The molecule has 1 aliphatic heterocycles. The zero-order valence-corrected chi connectivity index (χ0v) is 14.5. The lowest BCUT2D eigenvalue weighted by molar-refractivity contribution is -0.125. The highest BCUT2D eigenvalue weighted by molar-refractivity contribution is 7.99. The predicted molar refractivity (Wildman–Crippen MR) is 92.3 cm³/mol. The molecule has 1 aliphatic rings. The van der Waals surface area contributed by atoms with E-state index in [4.69, 9.17) is 4.42 Å². The summed E-state index contributed by atoms with van der Waals surface area (Å²) in [6.45, 7) is 1.88. The van der Waals surface area contributed by atoms with Crippen molar-refractivity contribution in [1.29, 1.82) is 0 Å². The van der Waals surface area contributed by atoms with E-state index in [0.29, 0.717) is 29.7 Å². The highest BCUT2D eigenvalue weighted by atomic mass is 32.2. The van der Waals surface area contributed by atoms with E-state index in [9.17, 15) is 13.6 Å². The van der Waals surface area contributed by atoms with Crippen molar-refractivity contribution in [3.05, 3.63) is 54.0 Å². The molecule has 1 fully saturated rings. The van der Waals surface area contributed by atoms with Crippen LogP contribution in [0.25, 0.3) is 0 Å². The van der Waals surface area contributed by atoms with Gasteiger partial charge in [0.15, 0.2) is 0 Å². The Morgan fingerprint density at radius 3 is 2.80 bits per heavy atom. The van der Waals surface area contributed by atoms with Gasteiger partial charge in [-0.3, -0.25) is 9.69 Å². The number of hydrogen-bond donors (Lipinski definition) is 1. The van der Waals surface area contributed by atoms with Crippen LogP contribution >= 0.6 is 11.8 Å². The number of likely N-dealkylation sites (tertiary alicyclic amines) is 1. The van der Waals surface area contributed by atoms with Crippen molar-refractivity contribution in [2.75, 3.05) is 6.54 Å². The first-order valence-corrected chi connectivity index (χ1v) is 9.07. The van der Waals surface area contributed by atoms with Gasteiger partial charge in [0, 0.05) is 11.4 Å². The van der Waals surface area contributed by atoms with Gasteiger partial charge in [0.25, 0.3) is 5.76 Å². The maximum absolute atomic E-state index is 12.4. The fraction of sp³-hybridized carbons (Fsp3) is 0.389. The number of amides is 1. The number of carbonyl (C=O) groups excluding carboxylic acids is 1. The molecule has 2 aromatic rings. The van der Waals surface area contributed by atoms with Gasteiger partial charge in [-0.05, 0) is 49.2 Å². The maximum atomic E-state index is 12.4. The monoisotopic (exact) mass is 366 g/mol. The third kappa shape index (κ3) is 5.06. The number of furan rings is 1. The number of hydrogen-bond acceptors (Lipinski definition) is 4. The molecule has 134 valence electrons. The second kappa shape index (κ2) is 8.49. The Hall–Kier alpha value is -1.86. The van der Waals surface area contributed by atoms with Crippen LogP contribution in [-0.2, 0) is 17.9 Å². The Balaban J connectivity index is 1.54. The molecule has 1 N–H and O–H groups in total. The van der Waals surface area contributed by atoms with Crippen molar-refractivity contribution in [3.8, 4) is 0 Å². The number of benzene rings is 1. The van der Waals surface area contributed by atoms with Crippen LogP contribution in [0.2, 0.25) is 0 Å². The minimum Gasteiger partial charge on any atom is -0.467 e. The molecule has 0 bridgehead atoms. The summed E-state index contributed by atoms with van der Waals surface area (Å²) in [6.07, 6.45) is 3.38. The number of alkyl halides is 2. The summed E-state index contributed by atoms with van der Waals surface area (Å²) in [5.41, 5.74) is 1.02. The number of rotatable bonds is 7. The highest BCUT2D eigenvalue weighted by Gasteiger charge is 2.30. The Bertz CT molecular complexity index is 677. The molecule has 2 heterocycles. The van der Waals surface area contributed by atoms with Crippen LogP contribution in [0, 0.1) is 0 Å². The maximum Gasteiger partial charge on any atom is 0.288 e. The van der Waals surface area contributed by atoms with E-state index < -0.39 is 5.76 Å². The fourth-order valence-corrected chi connectivity index (χ4v) is 3.53. The first-order chi connectivity index (χ1) is 12.1. The van der Waals surface area contributed by atoms with E-state index >= 15 is 0 Å². The summed E-state index contributed by atoms with van der Waals surface area (Å²) in [6, 6.07) is 10.6. The zero-order chi connectivity index (χ0) is 17.6.